The van der Waals surface area contributed by atoms with Crippen molar-refractivity contribution in [3.05, 3.63) is 33.9 Å². The van der Waals surface area contributed by atoms with E-state index in [4.69, 9.17) is 27.9 Å². The Morgan fingerprint density at radius 2 is 2.10 bits per heavy atom. The van der Waals surface area contributed by atoms with Gasteiger partial charge < -0.3 is 10.1 Å². The van der Waals surface area contributed by atoms with E-state index in [1.807, 2.05) is 6.92 Å². The number of benzene rings is 1. The van der Waals surface area contributed by atoms with Crippen LogP contribution in [0.3, 0.4) is 0 Å². The molecule has 0 radical (unpaired) electrons. The smallest absolute Gasteiger partial charge is 0.341 e. The zero-order chi connectivity index (χ0) is 15.4. The van der Waals surface area contributed by atoms with E-state index in [0.29, 0.717) is 45.4 Å². The summed E-state index contributed by atoms with van der Waals surface area (Å²) in [6.07, 6.45) is 2.41. The number of carbonyl (C=O) groups is 1. The van der Waals surface area contributed by atoms with Crippen LogP contribution in [0.2, 0.25) is 10.0 Å². The second-order valence-corrected chi connectivity index (χ2v) is 5.32. The highest BCUT2D eigenvalue weighted by Gasteiger charge is 2.18. The van der Waals surface area contributed by atoms with E-state index in [0.717, 1.165) is 6.42 Å². The molecule has 0 aliphatic carbocycles. The molecule has 1 aromatic carbocycles. The lowest BCUT2D eigenvalue weighted by Gasteiger charge is -2.14. The lowest BCUT2D eigenvalue weighted by atomic mass is 10.1. The first-order valence-corrected chi connectivity index (χ1v) is 7.52. The third kappa shape index (κ3) is 3.39. The number of nitrogens with one attached hydrogen (secondary N) is 1. The minimum atomic E-state index is -0.420. The Balaban J connectivity index is 2.66. The molecule has 0 fully saturated rings. The molecule has 2 aromatic rings. The van der Waals surface area contributed by atoms with Gasteiger partial charge in [-0.15, -0.1) is 0 Å². The molecule has 0 aliphatic rings. The Hall–Kier alpha value is -1.52. The number of aromatic nitrogens is 1. The lowest BCUT2D eigenvalue weighted by molar-refractivity contribution is 0.0527. The summed E-state index contributed by atoms with van der Waals surface area (Å²) in [5.41, 5.74) is 1.66. The number of anilines is 1. The van der Waals surface area contributed by atoms with Gasteiger partial charge in [-0.1, -0.05) is 30.1 Å². The predicted octanol–water partition coefficient (Wildman–Crippen LogP) is 4.54. The summed E-state index contributed by atoms with van der Waals surface area (Å²) < 4.78 is 5.07. The lowest BCUT2D eigenvalue weighted by Crippen LogP contribution is -2.11. The van der Waals surface area contributed by atoms with Gasteiger partial charge in [0.05, 0.1) is 22.8 Å². The van der Waals surface area contributed by atoms with Crippen LogP contribution < -0.4 is 5.32 Å². The Labute approximate surface area is 133 Å². The first-order valence-electron chi connectivity index (χ1n) is 6.77. The summed E-state index contributed by atoms with van der Waals surface area (Å²) in [5.74, 6) is -0.420. The number of rotatable bonds is 5. The first kappa shape index (κ1) is 15.9. The standard InChI is InChI=1S/C15H16Cl2N2O2/c1-3-5-18-14-10(15(20)21-4-2)8-19-12-7-9(16)6-11(17)13(12)14/h6-8H,3-5H2,1-2H3,(H,18,19). The van der Waals surface area contributed by atoms with Crippen LogP contribution in [0, 0.1) is 0 Å². The highest BCUT2D eigenvalue weighted by molar-refractivity contribution is 6.39. The number of nitrogens with zero attached hydrogens (tertiary/aromatic N) is 1. The molecule has 21 heavy (non-hydrogen) atoms. The number of carbonyl (C=O) groups excluding carboxylic acids is 1. The summed E-state index contributed by atoms with van der Waals surface area (Å²) >= 11 is 12.3. The molecule has 0 bridgehead atoms. The van der Waals surface area contributed by atoms with Gasteiger partial charge in [0.15, 0.2) is 0 Å². The minimum absolute atomic E-state index is 0.304. The molecule has 0 saturated heterocycles. The van der Waals surface area contributed by atoms with Crippen molar-refractivity contribution in [2.45, 2.75) is 20.3 Å². The summed E-state index contributed by atoms with van der Waals surface area (Å²) in [5, 5.41) is 4.88. The molecule has 0 spiro atoms. The van der Waals surface area contributed by atoms with Gasteiger partial charge in [0.2, 0.25) is 0 Å². The largest absolute Gasteiger partial charge is 0.462 e. The maximum Gasteiger partial charge on any atom is 0.341 e. The zero-order valence-electron chi connectivity index (χ0n) is 11.9. The molecule has 6 heteroatoms. The average molecular weight is 327 g/mol. The number of pyridine rings is 1. The van der Waals surface area contributed by atoms with Crippen LogP contribution in [0.4, 0.5) is 5.69 Å². The number of hydrogen-bond acceptors (Lipinski definition) is 4. The molecule has 0 aliphatic heterocycles. The van der Waals surface area contributed by atoms with Crippen LogP contribution in [0.1, 0.15) is 30.6 Å². The molecule has 112 valence electrons. The van der Waals surface area contributed by atoms with Crippen molar-refractivity contribution in [2.75, 3.05) is 18.5 Å². The summed E-state index contributed by atoms with van der Waals surface area (Å²) in [7, 11) is 0. The molecular formula is C15H16Cl2N2O2. The number of hydrogen-bond donors (Lipinski definition) is 1. The normalized spacial score (nSPS) is 10.7. The van der Waals surface area contributed by atoms with Crippen LogP contribution in [-0.4, -0.2) is 24.1 Å². The molecule has 0 unspecified atom stereocenters. The van der Waals surface area contributed by atoms with Crippen molar-refractivity contribution in [3.63, 3.8) is 0 Å². The fourth-order valence-electron chi connectivity index (χ4n) is 2.04. The van der Waals surface area contributed by atoms with Gasteiger partial charge in [-0.05, 0) is 25.5 Å². The van der Waals surface area contributed by atoms with Crippen LogP contribution in [0.5, 0.6) is 0 Å². The summed E-state index contributed by atoms with van der Waals surface area (Å²) in [6, 6.07) is 3.36. The molecule has 0 saturated carbocycles. The van der Waals surface area contributed by atoms with Gasteiger partial charge in [-0.25, -0.2) is 4.79 Å². The molecule has 0 atom stereocenters. The van der Waals surface area contributed by atoms with Crippen LogP contribution in [0.15, 0.2) is 18.3 Å². The molecule has 0 amide bonds. The average Bonchev–Trinajstić information content (AvgIpc) is 2.44. The van der Waals surface area contributed by atoms with Crippen molar-refractivity contribution >= 4 is 45.8 Å². The number of halogens is 2. The van der Waals surface area contributed by atoms with E-state index in [9.17, 15) is 4.79 Å². The Morgan fingerprint density at radius 3 is 2.76 bits per heavy atom. The maximum absolute atomic E-state index is 12.1. The van der Waals surface area contributed by atoms with Crippen molar-refractivity contribution < 1.29 is 9.53 Å². The van der Waals surface area contributed by atoms with E-state index in [1.165, 1.54) is 6.20 Å². The SMILES string of the molecule is CCCNc1c(C(=O)OCC)cnc2cc(Cl)cc(Cl)c12. The minimum Gasteiger partial charge on any atom is -0.462 e. The molecule has 4 nitrogen and oxygen atoms in total. The Bertz CT molecular complexity index is 674. The molecule has 1 aromatic heterocycles. The van der Waals surface area contributed by atoms with Crippen LogP contribution >= 0.6 is 23.2 Å². The second-order valence-electron chi connectivity index (χ2n) is 4.48. The van der Waals surface area contributed by atoms with Crippen molar-refractivity contribution in [1.29, 1.82) is 0 Å². The van der Waals surface area contributed by atoms with E-state index in [-0.39, 0.29) is 0 Å². The van der Waals surface area contributed by atoms with Crippen LogP contribution in [-0.2, 0) is 4.74 Å². The second kappa shape index (κ2) is 6.96. The van der Waals surface area contributed by atoms with Gasteiger partial charge in [-0.2, -0.15) is 0 Å². The topological polar surface area (TPSA) is 51.2 Å². The monoisotopic (exact) mass is 326 g/mol. The first-order chi connectivity index (χ1) is 10.1. The van der Waals surface area contributed by atoms with Crippen molar-refractivity contribution in [1.82, 2.24) is 4.98 Å². The summed E-state index contributed by atoms with van der Waals surface area (Å²) in [4.78, 5) is 16.3. The van der Waals surface area contributed by atoms with Crippen molar-refractivity contribution in [2.24, 2.45) is 0 Å². The van der Waals surface area contributed by atoms with Crippen LogP contribution in [0.25, 0.3) is 10.9 Å². The molecule has 1 N–H and O–H groups in total. The van der Waals surface area contributed by atoms with E-state index in [2.05, 4.69) is 10.3 Å². The fraction of sp³-hybridized carbons (Fsp3) is 0.333. The van der Waals surface area contributed by atoms with Gasteiger partial charge in [0, 0.05) is 23.2 Å². The highest BCUT2D eigenvalue weighted by atomic mass is 35.5. The Morgan fingerprint density at radius 1 is 1.33 bits per heavy atom. The number of esters is 1. The van der Waals surface area contributed by atoms with Crippen molar-refractivity contribution in [3.8, 4) is 0 Å². The Kier molecular flexibility index (Phi) is 5.26. The van der Waals surface area contributed by atoms with Gasteiger partial charge in [0.1, 0.15) is 5.56 Å². The number of fused-ring (bicyclic) bond motifs is 1. The number of ether oxygens (including phenoxy) is 1. The van der Waals surface area contributed by atoms with Gasteiger partial charge in [-0.3, -0.25) is 4.98 Å². The maximum atomic E-state index is 12.1. The van der Waals surface area contributed by atoms with Gasteiger partial charge >= 0.3 is 5.97 Å². The van der Waals surface area contributed by atoms with E-state index < -0.39 is 5.97 Å². The molecule has 1 heterocycles. The third-order valence-electron chi connectivity index (χ3n) is 2.93. The highest BCUT2D eigenvalue weighted by Crippen LogP contribution is 2.34. The quantitative estimate of drug-likeness (QED) is 0.819. The fourth-order valence-corrected chi connectivity index (χ4v) is 2.62. The molecular weight excluding hydrogens is 311 g/mol. The van der Waals surface area contributed by atoms with E-state index in [1.54, 1.807) is 19.1 Å². The van der Waals surface area contributed by atoms with E-state index >= 15 is 0 Å². The molecule has 2 rings (SSSR count). The van der Waals surface area contributed by atoms with Gasteiger partial charge in [0.25, 0.3) is 0 Å². The predicted molar refractivity (Wildman–Crippen MR) is 86.5 cm³/mol. The zero-order valence-corrected chi connectivity index (χ0v) is 13.4. The third-order valence-corrected chi connectivity index (χ3v) is 3.45. The summed E-state index contributed by atoms with van der Waals surface area (Å²) in [6.45, 7) is 4.82.